The molecule has 0 aromatic heterocycles. The van der Waals surface area contributed by atoms with Gasteiger partial charge in [-0.15, -0.1) is 0 Å². The van der Waals surface area contributed by atoms with E-state index < -0.39 is 11.1 Å². The molecule has 2 N–H and O–H groups in total. The SMILES string of the molecule is COc1ccc(C2([C@]3(OC)C=C(c4ccccc4)C=CC3)N=C(N)c3ccccc32)cc1C. The van der Waals surface area contributed by atoms with Gasteiger partial charge in [0.1, 0.15) is 22.7 Å². The molecule has 0 amide bonds. The van der Waals surface area contributed by atoms with E-state index in [9.17, 15) is 0 Å². The molecule has 0 saturated carbocycles. The van der Waals surface area contributed by atoms with E-state index in [1.165, 1.54) is 0 Å². The number of nitrogens with zero attached hydrogens (tertiary/aromatic N) is 1. The van der Waals surface area contributed by atoms with Gasteiger partial charge in [0.2, 0.25) is 0 Å². The van der Waals surface area contributed by atoms with Crippen LogP contribution in [-0.2, 0) is 10.3 Å². The van der Waals surface area contributed by atoms with Gasteiger partial charge in [-0.2, -0.15) is 0 Å². The van der Waals surface area contributed by atoms with E-state index in [4.69, 9.17) is 20.2 Å². The van der Waals surface area contributed by atoms with E-state index in [-0.39, 0.29) is 0 Å². The molecule has 3 aromatic carbocycles. The highest BCUT2D eigenvalue weighted by Gasteiger charge is 2.57. The van der Waals surface area contributed by atoms with Crippen molar-refractivity contribution in [3.63, 3.8) is 0 Å². The van der Waals surface area contributed by atoms with Crippen LogP contribution in [0.5, 0.6) is 5.75 Å². The summed E-state index contributed by atoms with van der Waals surface area (Å²) in [5, 5.41) is 0. The van der Waals surface area contributed by atoms with Gasteiger partial charge in [-0.3, -0.25) is 0 Å². The molecule has 166 valence electrons. The number of amidine groups is 1. The Morgan fingerprint density at radius 3 is 2.42 bits per heavy atom. The van der Waals surface area contributed by atoms with Crippen molar-refractivity contribution in [2.24, 2.45) is 10.7 Å². The third-order valence-corrected chi connectivity index (χ3v) is 6.88. The first-order valence-electron chi connectivity index (χ1n) is 11.1. The van der Waals surface area contributed by atoms with Crippen LogP contribution in [0, 0.1) is 6.92 Å². The maximum atomic E-state index is 6.55. The first-order valence-corrected chi connectivity index (χ1v) is 11.1. The number of fused-ring (bicyclic) bond motifs is 1. The van der Waals surface area contributed by atoms with Gasteiger partial charge in [0.05, 0.1) is 7.11 Å². The molecule has 1 aliphatic carbocycles. The highest BCUT2D eigenvalue weighted by atomic mass is 16.5. The minimum absolute atomic E-state index is 0.528. The number of allylic oxidation sites excluding steroid dienone is 2. The Kier molecular flexibility index (Phi) is 5.18. The Morgan fingerprint density at radius 2 is 1.70 bits per heavy atom. The van der Waals surface area contributed by atoms with Crippen LogP contribution in [0.4, 0.5) is 0 Å². The number of nitrogens with two attached hydrogens (primary N) is 1. The summed E-state index contributed by atoms with van der Waals surface area (Å²) in [5.41, 5.74) is 11.2. The zero-order chi connectivity index (χ0) is 23.1. The van der Waals surface area contributed by atoms with Crippen molar-refractivity contribution in [2.45, 2.75) is 24.5 Å². The summed E-state index contributed by atoms with van der Waals surface area (Å²) in [6.07, 6.45) is 7.22. The summed E-state index contributed by atoms with van der Waals surface area (Å²) in [7, 11) is 3.46. The average Bonchev–Trinajstić information content (AvgIpc) is 3.18. The predicted octanol–water partition coefficient (Wildman–Crippen LogP) is 5.39. The minimum atomic E-state index is -0.843. The standard InChI is InChI=1S/C29H28N2O2/c1-20-18-23(15-16-26(20)32-2)29(25-14-8-7-13-24(25)27(30)31-29)28(33-3)17-9-12-22(19-28)21-10-5-4-6-11-21/h4-16,18-19H,17H2,1-3H3,(H2,30,31)/t28-,29?/m1/s1. The molecule has 0 spiro atoms. The van der Waals surface area contributed by atoms with Gasteiger partial charge in [-0.25, -0.2) is 4.99 Å². The van der Waals surface area contributed by atoms with Gasteiger partial charge in [0.25, 0.3) is 0 Å². The van der Waals surface area contributed by atoms with E-state index in [1.54, 1.807) is 14.2 Å². The van der Waals surface area contributed by atoms with Gasteiger partial charge >= 0.3 is 0 Å². The molecule has 0 radical (unpaired) electrons. The van der Waals surface area contributed by atoms with Crippen molar-refractivity contribution in [1.29, 1.82) is 0 Å². The molecule has 4 heteroatoms. The van der Waals surface area contributed by atoms with Crippen LogP contribution in [0.15, 0.2) is 96.0 Å². The van der Waals surface area contributed by atoms with Crippen LogP contribution in [0.3, 0.4) is 0 Å². The number of ether oxygens (including phenoxy) is 2. The minimum Gasteiger partial charge on any atom is -0.496 e. The molecular weight excluding hydrogens is 408 g/mol. The lowest BCUT2D eigenvalue weighted by molar-refractivity contribution is -0.0166. The normalized spacial score (nSPS) is 23.6. The largest absolute Gasteiger partial charge is 0.496 e. The van der Waals surface area contributed by atoms with Crippen molar-refractivity contribution in [3.8, 4) is 5.75 Å². The molecule has 0 saturated heterocycles. The van der Waals surface area contributed by atoms with E-state index in [0.29, 0.717) is 12.3 Å². The molecule has 0 bridgehead atoms. The predicted molar refractivity (Wildman–Crippen MR) is 134 cm³/mol. The third-order valence-electron chi connectivity index (χ3n) is 6.88. The summed E-state index contributed by atoms with van der Waals surface area (Å²) >= 11 is 0. The molecule has 2 atom stereocenters. The fraction of sp³-hybridized carbons (Fsp3) is 0.207. The maximum absolute atomic E-state index is 6.55. The fourth-order valence-corrected chi connectivity index (χ4v) is 5.29. The topological polar surface area (TPSA) is 56.8 Å². The summed E-state index contributed by atoms with van der Waals surface area (Å²) in [6.45, 7) is 2.05. The van der Waals surface area contributed by atoms with Crippen molar-refractivity contribution >= 4 is 11.4 Å². The van der Waals surface area contributed by atoms with Crippen molar-refractivity contribution in [2.75, 3.05) is 14.2 Å². The fourth-order valence-electron chi connectivity index (χ4n) is 5.29. The molecule has 1 heterocycles. The zero-order valence-electron chi connectivity index (χ0n) is 19.2. The molecule has 3 aromatic rings. The average molecular weight is 437 g/mol. The molecule has 2 aliphatic rings. The monoisotopic (exact) mass is 436 g/mol. The van der Waals surface area contributed by atoms with Crippen LogP contribution >= 0.6 is 0 Å². The lowest BCUT2D eigenvalue weighted by atomic mass is 9.66. The first kappa shape index (κ1) is 21.2. The quantitative estimate of drug-likeness (QED) is 0.583. The molecular formula is C29H28N2O2. The van der Waals surface area contributed by atoms with Crippen LogP contribution in [-0.4, -0.2) is 25.7 Å². The Balaban J connectivity index is 1.82. The number of hydrogen-bond acceptors (Lipinski definition) is 4. The number of aryl methyl sites for hydroxylation is 1. The molecule has 5 rings (SSSR count). The van der Waals surface area contributed by atoms with E-state index in [0.717, 1.165) is 39.1 Å². The van der Waals surface area contributed by atoms with Gasteiger partial charge in [0.15, 0.2) is 0 Å². The smallest absolute Gasteiger partial charge is 0.146 e. The van der Waals surface area contributed by atoms with Gasteiger partial charge in [-0.05, 0) is 53.0 Å². The molecule has 1 aliphatic heterocycles. The summed E-state index contributed by atoms with van der Waals surface area (Å²) in [4.78, 5) is 5.20. The Bertz CT molecular complexity index is 1290. The summed E-state index contributed by atoms with van der Waals surface area (Å²) in [5.74, 6) is 1.37. The second-order valence-corrected chi connectivity index (χ2v) is 8.60. The van der Waals surface area contributed by atoms with Crippen LogP contribution in [0.25, 0.3) is 5.57 Å². The first-order chi connectivity index (χ1) is 16.0. The van der Waals surface area contributed by atoms with E-state index in [2.05, 4.69) is 67.6 Å². The van der Waals surface area contributed by atoms with Crippen molar-refractivity contribution < 1.29 is 9.47 Å². The van der Waals surface area contributed by atoms with Gasteiger partial charge in [0, 0.05) is 19.1 Å². The number of aliphatic imine (C=N–C) groups is 1. The molecule has 0 fully saturated rings. The van der Waals surface area contributed by atoms with Crippen molar-refractivity contribution in [1.82, 2.24) is 0 Å². The lowest BCUT2D eigenvalue weighted by Crippen LogP contribution is -2.51. The summed E-state index contributed by atoms with van der Waals surface area (Å²) in [6, 6.07) is 24.8. The third kappa shape index (κ3) is 3.13. The maximum Gasteiger partial charge on any atom is 0.146 e. The molecule has 1 unspecified atom stereocenters. The Labute approximate surface area is 195 Å². The number of hydrogen-bond donors (Lipinski definition) is 1. The number of benzene rings is 3. The number of rotatable bonds is 5. The summed E-state index contributed by atoms with van der Waals surface area (Å²) < 4.78 is 12.0. The van der Waals surface area contributed by atoms with E-state index >= 15 is 0 Å². The van der Waals surface area contributed by atoms with Crippen LogP contribution < -0.4 is 10.5 Å². The Morgan fingerprint density at radius 1 is 0.939 bits per heavy atom. The van der Waals surface area contributed by atoms with Crippen LogP contribution in [0.2, 0.25) is 0 Å². The molecule has 33 heavy (non-hydrogen) atoms. The highest BCUT2D eigenvalue weighted by molar-refractivity contribution is 6.03. The van der Waals surface area contributed by atoms with Gasteiger partial charge < -0.3 is 15.2 Å². The van der Waals surface area contributed by atoms with E-state index in [1.807, 2.05) is 30.3 Å². The second kappa shape index (κ2) is 8.05. The lowest BCUT2D eigenvalue weighted by Gasteiger charge is -2.46. The molecule has 4 nitrogen and oxygen atoms in total. The van der Waals surface area contributed by atoms with Gasteiger partial charge in [-0.1, -0.05) is 72.8 Å². The number of methoxy groups -OCH3 is 2. The van der Waals surface area contributed by atoms with Crippen LogP contribution in [0.1, 0.15) is 34.2 Å². The zero-order valence-corrected chi connectivity index (χ0v) is 19.2. The second-order valence-electron chi connectivity index (χ2n) is 8.60. The van der Waals surface area contributed by atoms with Crippen molar-refractivity contribution in [3.05, 3.63) is 119 Å². The highest BCUT2D eigenvalue weighted by Crippen LogP contribution is 2.54. The Hall–Kier alpha value is -3.63.